The van der Waals surface area contributed by atoms with Crippen LogP contribution in [-0.2, 0) is 24.2 Å². The molecule has 1 aromatic carbocycles. The van der Waals surface area contributed by atoms with E-state index in [2.05, 4.69) is 15.0 Å². The van der Waals surface area contributed by atoms with Gasteiger partial charge < -0.3 is 10.1 Å². The van der Waals surface area contributed by atoms with Crippen molar-refractivity contribution in [3.63, 3.8) is 0 Å². The molecule has 0 radical (unpaired) electrons. The average molecular weight is 437 g/mol. The third kappa shape index (κ3) is 4.48. The van der Waals surface area contributed by atoms with Crippen molar-refractivity contribution in [1.29, 1.82) is 0 Å². The van der Waals surface area contributed by atoms with E-state index >= 15 is 0 Å². The number of thiophene rings is 1. The highest BCUT2D eigenvalue weighted by Gasteiger charge is 2.31. The molecule has 4 rings (SSSR count). The SMILES string of the molecule is O=C(CCn1cnc2sc3c(c2c1=O)CCCC3)Nc1ccc(OC(F)(F)F)cc1. The lowest BCUT2D eigenvalue weighted by molar-refractivity contribution is -0.274. The van der Waals surface area contributed by atoms with Crippen LogP contribution in [0, 0.1) is 0 Å². The predicted octanol–water partition coefficient (Wildman–Crippen LogP) is 4.26. The summed E-state index contributed by atoms with van der Waals surface area (Å²) in [7, 11) is 0. The fourth-order valence-electron chi connectivity index (χ4n) is 3.53. The number of anilines is 1. The van der Waals surface area contributed by atoms with Crippen molar-refractivity contribution in [1.82, 2.24) is 9.55 Å². The van der Waals surface area contributed by atoms with Crippen LogP contribution in [0.4, 0.5) is 18.9 Å². The van der Waals surface area contributed by atoms with E-state index < -0.39 is 6.36 Å². The number of ether oxygens (including phenoxy) is 1. The van der Waals surface area contributed by atoms with Crippen molar-refractivity contribution in [2.45, 2.75) is 45.0 Å². The highest BCUT2D eigenvalue weighted by Crippen LogP contribution is 2.33. The average Bonchev–Trinajstić information content (AvgIpc) is 3.07. The molecular formula is C20H18F3N3O3S. The number of carbonyl (C=O) groups excluding carboxylic acids is 1. The van der Waals surface area contributed by atoms with E-state index in [1.165, 1.54) is 27.9 Å². The number of rotatable bonds is 5. The van der Waals surface area contributed by atoms with Gasteiger partial charge in [-0.25, -0.2) is 4.98 Å². The zero-order valence-electron chi connectivity index (χ0n) is 15.8. The van der Waals surface area contributed by atoms with Gasteiger partial charge in [0, 0.05) is 23.5 Å². The van der Waals surface area contributed by atoms with Gasteiger partial charge in [0.15, 0.2) is 0 Å². The molecule has 0 unspecified atom stereocenters. The number of aromatic nitrogens is 2. The van der Waals surface area contributed by atoms with Crippen molar-refractivity contribution < 1.29 is 22.7 Å². The summed E-state index contributed by atoms with van der Waals surface area (Å²) >= 11 is 1.57. The lowest BCUT2D eigenvalue weighted by Gasteiger charge is -2.11. The summed E-state index contributed by atoms with van der Waals surface area (Å²) in [6.07, 6.45) is 0.758. The van der Waals surface area contributed by atoms with Crippen molar-refractivity contribution in [3.05, 3.63) is 51.4 Å². The first kappa shape index (κ1) is 20.4. The van der Waals surface area contributed by atoms with Gasteiger partial charge >= 0.3 is 6.36 Å². The molecule has 6 nitrogen and oxygen atoms in total. The van der Waals surface area contributed by atoms with Gasteiger partial charge in [-0.05, 0) is 55.5 Å². The van der Waals surface area contributed by atoms with Crippen LogP contribution < -0.4 is 15.6 Å². The molecule has 1 aliphatic rings. The number of fused-ring (bicyclic) bond motifs is 3. The number of halogens is 3. The molecule has 1 amide bonds. The van der Waals surface area contributed by atoms with E-state index in [0.717, 1.165) is 48.2 Å². The van der Waals surface area contributed by atoms with Gasteiger partial charge in [0.1, 0.15) is 10.6 Å². The minimum Gasteiger partial charge on any atom is -0.406 e. The quantitative estimate of drug-likeness (QED) is 0.647. The number of aryl methyl sites for hydroxylation is 3. The Hall–Kier alpha value is -2.88. The molecule has 0 saturated heterocycles. The van der Waals surface area contributed by atoms with Crippen LogP contribution in [-0.4, -0.2) is 21.8 Å². The molecule has 0 aliphatic heterocycles. The fraction of sp³-hybridized carbons (Fsp3) is 0.350. The smallest absolute Gasteiger partial charge is 0.406 e. The summed E-state index contributed by atoms with van der Waals surface area (Å²) in [6, 6.07) is 4.86. The molecule has 1 N–H and O–H groups in total. The second-order valence-electron chi connectivity index (χ2n) is 7.00. The normalized spacial score (nSPS) is 13.8. The monoisotopic (exact) mass is 437 g/mol. The first-order chi connectivity index (χ1) is 14.3. The van der Waals surface area contributed by atoms with Crippen molar-refractivity contribution >= 4 is 33.1 Å². The summed E-state index contributed by atoms with van der Waals surface area (Å²) < 4.78 is 41.8. The van der Waals surface area contributed by atoms with E-state index in [1.807, 2.05) is 0 Å². The van der Waals surface area contributed by atoms with E-state index in [0.29, 0.717) is 11.1 Å². The standard InChI is InChI=1S/C20H18F3N3O3S/c21-20(22,23)29-13-7-5-12(6-8-13)25-16(27)9-10-26-11-24-18-17(19(26)28)14-3-1-2-4-15(14)30-18/h5-8,11H,1-4,9-10H2,(H,25,27). The highest BCUT2D eigenvalue weighted by molar-refractivity contribution is 7.18. The summed E-state index contributed by atoms with van der Waals surface area (Å²) in [6.45, 7) is 0.160. The predicted molar refractivity (Wildman–Crippen MR) is 107 cm³/mol. The first-order valence-corrected chi connectivity index (χ1v) is 10.3. The maximum atomic E-state index is 12.9. The van der Waals surface area contributed by atoms with E-state index in [1.54, 1.807) is 11.3 Å². The van der Waals surface area contributed by atoms with Crippen LogP contribution in [0.5, 0.6) is 5.75 Å². The second-order valence-corrected chi connectivity index (χ2v) is 8.09. The van der Waals surface area contributed by atoms with Crippen LogP contribution in [0.25, 0.3) is 10.2 Å². The number of amides is 1. The summed E-state index contributed by atoms with van der Waals surface area (Å²) in [5.74, 6) is -0.732. The van der Waals surface area contributed by atoms with Gasteiger partial charge in [0.05, 0.1) is 11.7 Å². The second kappa shape index (κ2) is 8.10. The topological polar surface area (TPSA) is 73.2 Å². The molecule has 0 bridgehead atoms. The summed E-state index contributed by atoms with van der Waals surface area (Å²) in [5, 5.41) is 3.26. The van der Waals surface area contributed by atoms with Gasteiger partial charge in [0.2, 0.25) is 5.91 Å². The summed E-state index contributed by atoms with van der Waals surface area (Å²) in [4.78, 5) is 31.4. The molecule has 2 aromatic heterocycles. The van der Waals surface area contributed by atoms with Gasteiger partial charge in [-0.2, -0.15) is 0 Å². The number of benzene rings is 1. The number of alkyl halides is 3. The van der Waals surface area contributed by atoms with Crippen LogP contribution in [0.1, 0.15) is 29.7 Å². The van der Waals surface area contributed by atoms with E-state index in [-0.39, 0.29) is 30.2 Å². The Bertz CT molecular complexity index is 1140. The molecule has 158 valence electrons. The minimum atomic E-state index is -4.77. The lowest BCUT2D eigenvalue weighted by atomic mass is 9.97. The zero-order valence-corrected chi connectivity index (χ0v) is 16.6. The van der Waals surface area contributed by atoms with Crippen LogP contribution in [0.2, 0.25) is 0 Å². The number of hydrogen-bond donors (Lipinski definition) is 1. The Morgan fingerprint density at radius 2 is 1.93 bits per heavy atom. The largest absolute Gasteiger partial charge is 0.573 e. The summed E-state index contributed by atoms with van der Waals surface area (Å²) in [5.41, 5.74) is 1.29. The molecular weight excluding hydrogens is 419 g/mol. The minimum absolute atomic E-state index is 0.0280. The Morgan fingerprint density at radius 3 is 2.67 bits per heavy atom. The van der Waals surface area contributed by atoms with Crippen LogP contribution in [0.3, 0.4) is 0 Å². The molecule has 0 saturated carbocycles. The van der Waals surface area contributed by atoms with Crippen molar-refractivity contribution in [2.75, 3.05) is 5.32 Å². The maximum absolute atomic E-state index is 12.9. The van der Waals surface area contributed by atoms with Gasteiger partial charge in [-0.15, -0.1) is 24.5 Å². The van der Waals surface area contributed by atoms with Gasteiger partial charge in [-0.3, -0.25) is 14.2 Å². The van der Waals surface area contributed by atoms with Crippen molar-refractivity contribution in [3.8, 4) is 5.75 Å². The Morgan fingerprint density at radius 1 is 1.20 bits per heavy atom. The van der Waals surface area contributed by atoms with Crippen LogP contribution >= 0.6 is 11.3 Å². The molecule has 0 fully saturated rings. The lowest BCUT2D eigenvalue weighted by Crippen LogP contribution is -2.24. The molecule has 10 heteroatoms. The molecule has 2 heterocycles. The molecule has 3 aromatic rings. The Kier molecular flexibility index (Phi) is 5.50. The molecule has 30 heavy (non-hydrogen) atoms. The molecule has 1 aliphatic carbocycles. The van der Waals surface area contributed by atoms with E-state index in [9.17, 15) is 22.8 Å². The van der Waals surface area contributed by atoms with Crippen LogP contribution in [0.15, 0.2) is 35.4 Å². The highest BCUT2D eigenvalue weighted by atomic mass is 32.1. The maximum Gasteiger partial charge on any atom is 0.573 e. The first-order valence-electron chi connectivity index (χ1n) is 9.45. The fourth-order valence-corrected chi connectivity index (χ4v) is 4.75. The number of nitrogens with zero attached hydrogens (tertiary/aromatic N) is 2. The Balaban J connectivity index is 1.41. The Labute approximate surface area is 173 Å². The molecule has 0 spiro atoms. The van der Waals surface area contributed by atoms with Gasteiger partial charge in [0.25, 0.3) is 5.56 Å². The molecule has 0 atom stereocenters. The third-order valence-electron chi connectivity index (χ3n) is 4.89. The third-order valence-corrected chi connectivity index (χ3v) is 6.09. The number of carbonyl (C=O) groups is 1. The van der Waals surface area contributed by atoms with Gasteiger partial charge in [-0.1, -0.05) is 0 Å². The number of nitrogens with one attached hydrogen (secondary N) is 1. The number of hydrogen-bond acceptors (Lipinski definition) is 5. The van der Waals surface area contributed by atoms with Crippen molar-refractivity contribution in [2.24, 2.45) is 0 Å². The zero-order chi connectivity index (χ0) is 21.3. The van der Waals surface area contributed by atoms with E-state index in [4.69, 9.17) is 0 Å².